The van der Waals surface area contributed by atoms with E-state index in [1.54, 1.807) is 39.8 Å². The van der Waals surface area contributed by atoms with Gasteiger partial charge in [-0.1, -0.05) is 6.92 Å². The average Bonchev–Trinajstić information content (AvgIpc) is 3.19. The van der Waals surface area contributed by atoms with Gasteiger partial charge >= 0.3 is 0 Å². The fourth-order valence-electron chi connectivity index (χ4n) is 2.40. The van der Waals surface area contributed by atoms with E-state index in [1.807, 2.05) is 27.1 Å². The Morgan fingerprint density at radius 1 is 1.20 bits per heavy atom. The molecule has 0 fully saturated rings. The lowest BCUT2D eigenvalue weighted by Gasteiger charge is -2.07. The van der Waals surface area contributed by atoms with E-state index in [0.29, 0.717) is 18.2 Å². The van der Waals surface area contributed by atoms with Crippen LogP contribution in [-0.2, 0) is 17.1 Å². The van der Waals surface area contributed by atoms with Crippen LogP contribution in [-0.4, -0.2) is 39.5 Å². The highest BCUT2D eigenvalue weighted by atomic mass is 32.2. The quantitative estimate of drug-likeness (QED) is 0.721. The van der Waals surface area contributed by atoms with Gasteiger partial charge in [0.25, 0.3) is 0 Å². The zero-order chi connectivity index (χ0) is 18.0. The normalized spacial score (nSPS) is 11.8. The van der Waals surface area contributed by atoms with Gasteiger partial charge in [-0.05, 0) is 37.6 Å². The van der Waals surface area contributed by atoms with E-state index >= 15 is 0 Å². The molecule has 1 N–H and O–H groups in total. The Labute approximate surface area is 146 Å². The Balaban J connectivity index is 1.96. The van der Waals surface area contributed by atoms with Crippen LogP contribution in [0.1, 0.15) is 19.2 Å². The van der Waals surface area contributed by atoms with E-state index in [9.17, 15) is 8.42 Å². The summed E-state index contributed by atoms with van der Waals surface area (Å²) >= 11 is 0. The summed E-state index contributed by atoms with van der Waals surface area (Å²) in [7, 11) is -1.65. The molecule has 0 aliphatic carbocycles. The van der Waals surface area contributed by atoms with Gasteiger partial charge in [0.1, 0.15) is 11.5 Å². The fraction of sp³-hybridized carbons (Fsp3) is 0.312. The Morgan fingerprint density at radius 3 is 2.52 bits per heavy atom. The number of rotatable bonds is 6. The van der Waals surface area contributed by atoms with Crippen molar-refractivity contribution < 1.29 is 8.42 Å². The van der Waals surface area contributed by atoms with Gasteiger partial charge in [-0.15, -0.1) is 0 Å². The maximum Gasteiger partial charge on any atom is 0.240 e. The minimum Gasteiger partial charge on any atom is -0.274 e. The Kier molecular flexibility index (Phi) is 4.69. The minimum atomic E-state index is -3.48. The molecule has 0 spiro atoms. The number of nitrogens with one attached hydrogen (secondary N) is 1. The van der Waals surface area contributed by atoms with Crippen LogP contribution in [0.15, 0.2) is 41.6 Å². The van der Waals surface area contributed by atoms with Gasteiger partial charge in [0.2, 0.25) is 10.0 Å². The molecule has 8 nitrogen and oxygen atoms in total. The molecule has 0 amide bonds. The Hall–Kier alpha value is -2.52. The van der Waals surface area contributed by atoms with E-state index in [4.69, 9.17) is 0 Å². The molecule has 2 aromatic heterocycles. The molecule has 0 saturated carbocycles. The summed E-state index contributed by atoms with van der Waals surface area (Å²) < 4.78 is 30.3. The maximum atomic E-state index is 12.2. The predicted molar refractivity (Wildman–Crippen MR) is 93.8 cm³/mol. The summed E-state index contributed by atoms with van der Waals surface area (Å²) in [4.78, 5) is 4.69. The lowest BCUT2D eigenvalue weighted by atomic mass is 10.2. The molecule has 3 aromatic rings. The minimum absolute atomic E-state index is 0.230. The third kappa shape index (κ3) is 3.62. The van der Waals surface area contributed by atoms with Crippen LogP contribution in [0, 0.1) is 6.92 Å². The number of aryl methyl sites for hydroxylation is 2. The molecule has 0 atom stereocenters. The van der Waals surface area contributed by atoms with Gasteiger partial charge < -0.3 is 0 Å². The van der Waals surface area contributed by atoms with Crippen LogP contribution < -0.4 is 4.72 Å². The molecule has 0 aliphatic rings. The molecular formula is C16H20N6O2S. The number of sulfonamides is 1. The second-order valence-electron chi connectivity index (χ2n) is 5.69. The third-order valence-electron chi connectivity index (χ3n) is 3.61. The molecule has 3 rings (SSSR count). The highest BCUT2D eigenvalue weighted by Crippen LogP contribution is 2.22. The van der Waals surface area contributed by atoms with Crippen molar-refractivity contribution in [3.8, 4) is 17.1 Å². The van der Waals surface area contributed by atoms with E-state index in [1.165, 1.54) is 0 Å². The third-order valence-corrected chi connectivity index (χ3v) is 5.09. The summed E-state index contributed by atoms with van der Waals surface area (Å²) in [6.45, 7) is 4.14. The molecule has 0 saturated heterocycles. The number of nitrogens with zero attached hydrogens (tertiary/aromatic N) is 5. The first kappa shape index (κ1) is 17.3. The molecule has 9 heteroatoms. The van der Waals surface area contributed by atoms with E-state index < -0.39 is 10.0 Å². The fourth-order valence-corrected chi connectivity index (χ4v) is 3.54. The van der Waals surface area contributed by atoms with Gasteiger partial charge in [-0.25, -0.2) is 22.8 Å². The first-order chi connectivity index (χ1) is 11.9. The molecule has 1 aromatic carbocycles. The van der Waals surface area contributed by atoms with Crippen molar-refractivity contribution in [2.24, 2.45) is 7.05 Å². The van der Waals surface area contributed by atoms with Crippen molar-refractivity contribution in [2.75, 3.05) is 6.54 Å². The summed E-state index contributed by atoms with van der Waals surface area (Å²) in [6.07, 6.45) is 4.28. The lowest BCUT2D eigenvalue weighted by molar-refractivity contribution is 0.581. The van der Waals surface area contributed by atoms with Crippen molar-refractivity contribution in [1.29, 1.82) is 0 Å². The molecule has 2 heterocycles. The topological polar surface area (TPSA) is 94.7 Å². The molecule has 0 bridgehead atoms. The monoisotopic (exact) mass is 360 g/mol. The highest BCUT2D eigenvalue weighted by molar-refractivity contribution is 7.89. The van der Waals surface area contributed by atoms with Crippen LogP contribution in [0.2, 0.25) is 0 Å². The molecular weight excluding hydrogens is 340 g/mol. The van der Waals surface area contributed by atoms with Crippen molar-refractivity contribution in [3.63, 3.8) is 0 Å². The average molecular weight is 360 g/mol. The van der Waals surface area contributed by atoms with Crippen molar-refractivity contribution in [2.45, 2.75) is 25.2 Å². The molecule has 0 aliphatic heterocycles. The maximum absolute atomic E-state index is 12.2. The second-order valence-corrected chi connectivity index (χ2v) is 7.46. The number of benzene rings is 1. The van der Waals surface area contributed by atoms with Crippen molar-refractivity contribution in [3.05, 3.63) is 42.5 Å². The van der Waals surface area contributed by atoms with Crippen LogP contribution in [0.5, 0.6) is 0 Å². The Morgan fingerprint density at radius 2 is 1.92 bits per heavy atom. The molecule has 0 radical (unpaired) electrons. The van der Waals surface area contributed by atoms with Gasteiger partial charge in [0, 0.05) is 19.2 Å². The summed E-state index contributed by atoms with van der Waals surface area (Å²) in [6, 6.07) is 6.61. The SMILES string of the molecule is CCCNS(=O)(=O)c1ccc(-c2nc(C)nn2-c2cnn(C)c2)cc1. The zero-order valence-corrected chi connectivity index (χ0v) is 15.2. The van der Waals surface area contributed by atoms with Gasteiger partial charge in [0.15, 0.2) is 5.82 Å². The zero-order valence-electron chi connectivity index (χ0n) is 14.3. The van der Waals surface area contributed by atoms with E-state index in [-0.39, 0.29) is 4.90 Å². The Bertz CT molecular complexity index is 972. The number of hydrogen-bond donors (Lipinski definition) is 1. The molecule has 0 unspecified atom stereocenters. The van der Waals surface area contributed by atoms with Crippen LogP contribution in [0.4, 0.5) is 0 Å². The molecule has 132 valence electrons. The van der Waals surface area contributed by atoms with E-state index in [0.717, 1.165) is 17.7 Å². The highest BCUT2D eigenvalue weighted by Gasteiger charge is 2.16. The van der Waals surface area contributed by atoms with Gasteiger partial charge in [-0.3, -0.25) is 4.68 Å². The first-order valence-corrected chi connectivity index (χ1v) is 9.42. The standard InChI is InChI=1S/C16H20N6O2S/c1-4-9-18-25(23,24)15-7-5-13(6-8-15)16-19-12(2)20-22(16)14-10-17-21(3)11-14/h5-8,10-11,18H,4,9H2,1-3H3. The number of hydrogen-bond acceptors (Lipinski definition) is 5. The summed E-state index contributed by atoms with van der Waals surface area (Å²) in [5.74, 6) is 1.26. The van der Waals surface area contributed by atoms with Gasteiger partial charge in [-0.2, -0.15) is 10.2 Å². The van der Waals surface area contributed by atoms with Crippen LogP contribution >= 0.6 is 0 Å². The van der Waals surface area contributed by atoms with Crippen LogP contribution in [0.3, 0.4) is 0 Å². The lowest BCUT2D eigenvalue weighted by Crippen LogP contribution is -2.24. The first-order valence-electron chi connectivity index (χ1n) is 7.93. The summed E-state index contributed by atoms with van der Waals surface area (Å²) in [5.41, 5.74) is 1.57. The number of aromatic nitrogens is 5. The molecule has 25 heavy (non-hydrogen) atoms. The summed E-state index contributed by atoms with van der Waals surface area (Å²) in [5, 5.41) is 8.56. The van der Waals surface area contributed by atoms with Gasteiger partial charge in [0.05, 0.1) is 17.3 Å². The second kappa shape index (κ2) is 6.77. The predicted octanol–water partition coefficient (Wildman–Crippen LogP) is 1.66. The van der Waals surface area contributed by atoms with Crippen LogP contribution in [0.25, 0.3) is 17.1 Å². The largest absolute Gasteiger partial charge is 0.274 e. The van der Waals surface area contributed by atoms with E-state index in [2.05, 4.69) is 19.9 Å². The van der Waals surface area contributed by atoms with Crippen molar-refractivity contribution >= 4 is 10.0 Å². The van der Waals surface area contributed by atoms with Crippen molar-refractivity contribution in [1.82, 2.24) is 29.3 Å². The smallest absolute Gasteiger partial charge is 0.240 e.